The molecule has 0 aliphatic rings. The monoisotopic (exact) mass is 239 g/mol. The SMILES string of the molecule is CCC[Si](OC)(OC)OCNCC(O)O. The maximum atomic E-state index is 8.59. The minimum atomic E-state index is -2.54. The minimum absolute atomic E-state index is 0.0596. The number of aliphatic hydroxyl groups excluding tert-OH is 1. The van der Waals surface area contributed by atoms with Crippen LogP contribution in [0.25, 0.3) is 0 Å². The van der Waals surface area contributed by atoms with Crippen molar-refractivity contribution in [3.63, 3.8) is 0 Å². The van der Waals surface area contributed by atoms with E-state index in [0.717, 1.165) is 12.5 Å². The lowest BCUT2D eigenvalue weighted by atomic mass is 10.6. The zero-order valence-corrected chi connectivity index (χ0v) is 10.5. The average molecular weight is 239 g/mol. The topological polar surface area (TPSA) is 80.2 Å². The first-order chi connectivity index (χ1) is 7.10. The van der Waals surface area contributed by atoms with Gasteiger partial charge >= 0.3 is 8.80 Å². The van der Waals surface area contributed by atoms with Crippen molar-refractivity contribution >= 4 is 8.80 Å². The molecule has 0 rings (SSSR count). The van der Waals surface area contributed by atoms with Gasteiger partial charge in [0.05, 0.1) is 6.73 Å². The fourth-order valence-corrected chi connectivity index (χ4v) is 3.02. The molecule has 15 heavy (non-hydrogen) atoms. The molecule has 0 radical (unpaired) electrons. The van der Waals surface area contributed by atoms with Gasteiger partial charge in [0.2, 0.25) is 0 Å². The summed E-state index contributed by atoms with van der Waals surface area (Å²) in [5, 5.41) is 19.9. The number of hydrogen-bond donors (Lipinski definition) is 3. The third kappa shape index (κ3) is 6.20. The van der Waals surface area contributed by atoms with E-state index in [9.17, 15) is 0 Å². The summed E-state index contributed by atoms with van der Waals surface area (Å²) < 4.78 is 16.0. The third-order valence-electron chi connectivity index (χ3n) is 1.90. The van der Waals surface area contributed by atoms with E-state index in [1.54, 1.807) is 14.2 Å². The van der Waals surface area contributed by atoms with Crippen LogP contribution >= 0.6 is 0 Å². The Kier molecular flexibility index (Phi) is 8.15. The lowest BCUT2D eigenvalue weighted by molar-refractivity contribution is -0.0418. The van der Waals surface area contributed by atoms with Crippen LogP contribution in [0.5, 0.6) is 0 Å². The van der Waals surface area contributed by atoms with Crippen molar-refractivity contribution in [2.24, 2.45) is 0 Å². The normalized spacial score (nSPS) is 12.4. The fraction of sp³-hybridized carbons (Fsp3) is 1.00. The van der Waals surface area contributed by atoms with Gasteiger partial charge in [0, 0.05) is 26.8 Å². The van der Waals surface area contributed by atoms with Crippen molar-refractivity contribution in [2.75, 3.05) is 27.5 Å². The fourth-order valence-electron chi connectivity index (χ4n) is 1.13. The average Bonchev–Trinajstić information content (AvgIpc) is 2.22. The van der Waals surface area contributed by atoms with Crippen molar-refractivity contribution in [1.29, 1.82) is 0 Å². The van der Waals surface area contributed by atoms with Crippen molar-refractivity contribution in [3.05, 3.63) is 0 Å². The van der Waals surface area contributed by atoms with E-state index in [2.05, 4.69) is 5.32 Å². The molecule has 0 saturated heterocycles. The molecule has 0 fully saturated rings. The Labute approximate surface area is 91.5 Å². The highest BCUT2D eigenvalue weighted by Gasteiger charge is 2.37. The smallest absolute Gasteiger partial charge is 0.377 e. The molecule has 0 aliphatic carbocycles. The number of nitrogens with one attached hydrogen (secondary N) is 1. The van der Waals surface area contributed by atoms with E-state index in [4.69, 9.17) is 23.5 Å². The second-order valence-electron chi connectivity index (χ2n) is 3.06. The molecule has 0 aliphatic heterocycles. The van der Waals surface area contributed by atoms with Gasteiger partial charge in [-0.3, -0.25) is 5.32 Å². The summed E-state index contributed by atoms with van der Waals surface area (Å²) in [6, 6.07) is 0.739. The van der Waals surface area contributed by atoms with Crippen LogP contribution in [-0.4, -0.2) is 52.8 Å². The molecule has 92 valence electrons. The molecule has 0 heterocycles. The van der Waals surface area contributed by atoms with E-state index in [0.29, 0.717) is 0 Å². The predicted molar refractivity (Wildman–Crippen MR) is 57.1 cm³/mol. The molecular formula is C8H21NO5Si. The van der Waals surface area contributed by atoms with E-state index >= 15 is 0 Å². The highest BCUT2D eigenvalue weighted by molar-refractivity contribution is 6.60. The molecule has 0 bridgehead atoms. The van der Waals surface area contributed by atoms with E-state index in [1.165, 1.54) is 0 Å². The van der Waals surface area contributed by atoms with Gasteiger partial charge in [-0.2, -0.15) is 0 Å². The molecule has 0 aromatic carbocycles. The van der Waals surface area contributed by atoms with Gasteiger partial charge in [-0.05, 0) is 0 Å². The van der Waals surface area contributed by atoms with E-state index in [-0.39, 0.29) is 13.3 Å². The van der Waals surface area contributed by atoms with E-state index in [1.807, 2.05) is 6.92 Å². The molecule has 0 atom stereocenters. The van der Waals surface area contributed by atoms with E-state index < -0.39 is 15.1 Å². The van der Waals surface area contributed by atoms with Gasteiger partial charge in [-0.1, -0.05) is 13.3 Å². The number of aliphatic hydroxyl groups is 2. The van der Waals surface area contributed by atoms with Crippen LogP contribution in [0.15, 0.2) is 0 Å². The van der Waals surface area contributed by atoms with Crippen molar-refractivity contribution in [3.8, 4) is 0 Å². The molecule has 7 heteroatoms. The molecule has 0 spiro atoms. The van der Waals surface area contributed by atoms with Crippen LogP contribution < -0.4 is 5.32 Å². The summed E-state index contributed by atoms with van der Waals surface area (Å²) in [7, 11) is 0.582. The predicted octanol–water partition coefficient (Wildman–Crippen LogP) is -0.497. The van der Waals surface area contributed by atoms with Gasteiger partial charge in [0.1, 0.15) is 0 Å². The second-order valence-corrected chi connectivity index (χ2v) is 6.04. The minimum Gasteiger partial charge on any atom is -0.377 e. The lowest BCUT2D eigenvalue weighted by Gasteiger charge is -2.26. The molecule has 0 aromatic rings. The first-order valence-electron chi connectivity index (χ1n) is 4.91. The van der Waals surface area contributed by atoms with Crippen LogP contribution in [0.1, 0.15) is 13.3 Å². The largest absolute Gasteiger partial charge is 0.501 e. The molecule has 3 N–H and O–H groups in total. The van der Waals surface area contributed by atoms with Gasteiger partial charge in [0.15, 0.2) is 6.29 Å². The van der Waals surface area contributed by atoms with Gasteiger partial charge < -0.3 is 23.5 Å². The third-order valence-corrected chi connectivity index (χ3v) is 4.84. The van der Waals surface area contributed by atoms with Crippen LogP contribution in [0, 0.1) is 0 Å². The van der Waals surface area contributed by atoms with Crippen molar-refractivity contribution < 1.29 is 23.5 Å². The van der Waals surface area contributed by atoms with Crippen LogP contribution in [0.3, 0.4) is 0 Å². The van der Waals surface area contributed by atoms with Crippen LogP contribution in [-0.2, 0) is 13.3 Å². The number of hydrogen-bond acceptors (Lipinski definition) is 6. The van der Waals surface area contributed by atoms with Gasteiger partial charge in [-0.25, -0.2) is 0 Å². The Morgan fingerprint density at radius 2 is 1.87 bits per heavy atom. The maximum absolute atomic E-state index is 8.59. The standard InChI is InChI=1S/C8H21NO5Si/c1-4-5-15(12-2,13-3)14-7-9-6-8(10)11/h8-11H,4-7H2,1-3H3. The summed E-state index contributed by atoms with van der Waals surface area (Å²) in [6.45, 7) is 2.27. The Balaban J connectivity index is 3.84. The lowest BCUT2D eigenvalue weighted by Crippen LogP contribution is -2.46. The first-order valence-corrected chi connectivity index (χ1v) is 6.84. The molecule has 0 amide bonds. The van der Waals surface area contributed by atoms with Crippen molar-refractivity contribution in [1.82, 2.24) is 5.32 Å². The Hall–Kier alpha value is -0.0231. The summed E-state index contributed by atoms with van der Waals surface area (Å²) in [6.07, 6.45) is -0.461. The zero-order valence-electron chi connectivity index (χ0n) is 9.52. The summed E-state index contributed by atoms with van der Waals surface area (Å²) >= 11 is 0. The molecule has 6 nitrogen and oxygen atoms in total. The second kappa shape index (κ2) is 8.17. The van der Waals surface area contributed by atoms with Gasteiger partial charge in [0.25, 0.3) is 0 Å². The molecule has 0 saturated carbocycles. The summed E-state index contributed by atoms with van der Waals surface area (Å²) in [4.78, 5) is 0. The Bertz CT molecular complexity index is 154. The quantitative estimate of drug-likeness (QED) is 0.286. The molecule has 0 aromatic heterocycles. The van der Waals surface area contributed by atoms with Crippen molar-refractivity contribution in [2.45, 2.75) is 25.7 Å². The van der Waals surface area contributed by atoms with Crippen LogP contribution in [0.2, 0.25) is 6.04 Å². The zero-order chi connectivity index (χ0) is 11.7. The molecular weight excluding hydrogens is 218 g/mol. The Morgan fingerprint density at radius 1 is 1.27 bits per heavy atom. The maximum Gasteiger partial charge on any atom is 0.501 e. The molecule has 0 unspecified atom stereocenters. The highest BCUT2D eigenvalue weighted by Crippen LogP contribution is 2.14. The van der Waals surface area contributed by atoms with Gasteiger partial charge in [-0.15, -0.1) is 0 Å². The summed E-state index contributed by atoms with van der Waals surface area (Å²) in [5.74, 6) is 0. The number of rotatable bonds is 9. The first kappa shape index (κ1) is 15.0. The van der Waals surface area contributed by atoms with Crippen LogP contribution in [0.4, 0.5) is 0 Å². The Morgan fingerprint density at radius 3 is 2.27 bits per heavy atom. The summed E-state index contributed by atoms with van der Waals surface area (Å²) in [5.41, 5.74) is 0. The highest BCUT2D eigenvalue weighted by atomic mass is 28.4.